The highest BCUT2D eigenvalue weighted by Gasteiger charge is 2.09. The smallest absolute Gasteiger partial charge is 0.0965 e. The zero-order chi connectivity index (χ0) is 5.98. The summed E-state index contributed by atoms with van der Waals surface area (Å²) in [7, 11) is 0. The Morgan fingerprint density at radius 3 is 2.88 bits per heavy atom. The number of hydrogen-bond donors (Lipinski definition) is 1. The molecule has 0 fully saturated rings. The maximum atomic E-state index is 5.53. The minimum absolute atomic E-state index is 0.531. The summed E-state index contributed by atoms with van der Waals surface area (Å²) in [5.41, 5.74) is 5.53. The van der Waals surface area contributed by atoms with Gasteiger partial charge in [-0.1, -0.05) is 6.92 Å². The van der Waals surface area contributed by atoms with Gasteiger partial charge >= 0.3 is 0 Å². The first kappa shape index (κ1) is 5.60. The first-order chi connectivity index (χ1) is 3.80. The van der Waals surface area contributed by atoms with E-state index in [1.807, 2.05) is 0 Å². The molecule has 0 aromatic rings. The molecule has 8 heavy (non-hydrogen) atoms. The van der Waals surface area contributed by atoms with Gasteiger partial charge in [-0.3, -0.25) is 4.99 Å². The molecule has 2 nitrogen and oxygen atoms in total. The van der Waals surface area contributed by atoms with E-state index in [0.29, 0.717) is 5.92 Å². The van der Waals surface area contributed by atoms with Crippen molar-refractivity contribution < 1.29 is 0 Å². The van der Waals surface area contributed by atoms with Crippen LogP contribution in [0.1, 0.15) is 19.8 Å². The van der Waals surface area contributed by atoms with Gasteiger partial charge in [0.15, 0.2) is 0 Å². The Kier molecular flexibility index (Phi) is 1.51. The van der Waals surface area contributed by atoms with Crippen LogP contribution in [0.4, 0.5) is 0 Å². The molecule has 2 heteroatoms. The Morgan fingerprint density at radius 2 is 2.50 bits per heavy atom. The number of aliphatic imine (C=N–C) groups is 1. The van der Waals surface area contributed by atoms with Crippen LogP contribution in [0.15, 0.2) is 4.99 Å². The van der Waals surface area contributed by atoms with Crippen molar-refractivity contribution in [3.05, 3.63) is 0 Å². The van der Waals surface area contributed by atoms with E-state index in [1.54, 1.807) is 0 Å². The quantitative estimate of drug-likeness (QED) is 0.494. The molecule has 0 unspecified atom stereocenters. The summed E-state index contributed by atoms with van der Waals surface area (Å²) in [6.45, 7) is 3.06. The third kappa shape index (κ3) is 0.997. The van der Waals surface area contributed by atoms with E-state index in [0.717, 1.165) is 12.4 Å². The van der Waals surface area contributed by atoms with E-state index >= 15 is 0 Å². The van der Waals surface area contributed by atoms with Crippen molar-refractivity contribution in [2.75, 3.05) is 6.54 Å². The molecule has 0 aliphatic carbocycles. The summed E-state index contributed by atoms with van der Waals surface area (Å²) in [6, 6.07) is 0. The first-order valence-corrected chi connectivity index (χ1v) is 3.10. The summed E-state index contributed by atoms with van der Waals surface area (Å²) >= 11 is 0. The summed E-state index contributed by atoms with van der Waals surface area (Å²) in [6.07, 6.45) is 2.43. The van der Waals surface area contributed by atoms with Crippen LogP contribution >= 0.6 is 0 Å². The van der Waals surface area contributed by atoms with Gasteiger partial charge in [-0.05, 0) is 12.8 Å². The molecule has 1 aliphatic heterocycles. The lowest BCUT2D eigenvalue weighted by atomic mass is 10.0. The zero-order valence-electron chi connectivity index (χ0n) is 5.22. The maximum Gasteiger partial charge on any atom is 0.0965 e. The number of rotatable bonds is 0. The monoisotopic (exact) mass is 112 g/mol. The van der Waals surface area contributed by atoms with Gasteiger partial charge in [-0.15, -0.1) is 0 Å². The number of amidine groups is 1. The largest absolute Gasteiger partial charge is 0.387 e. The van der Waals surface area contributed by atoms with Crippen LogP contribution in [0.25, 0.3) is 0 Å². The number of nitrogens with two attached hydrogens (primary N) is 1. The summed E-state index contributed by atoms with van der Waals surface area (Å²) < 4.78 is 0. The molecular formula is C6H12N2. The molecule has 1 rings (SSSR count). The second kappa shape index (κ2) is 2.16. The Balaban J connectivity index is 2.53. The van der Waals surface area contributed by atoms with E-state index in [9.17, 15) is 0 Å². The fourth-order valence-electron chi connectivity index (χ4n) is 0.909. The minimum Gasteiger partial charge on any atom is -0.387 e. The molecule has 0 aromatic heterocycles. The lowest BCUT2D eigenvalue weighted by Crippen LogP contribution is -2.24. The van der Waals surface area contributed by atoms with Crippen molar-refractivity contribution >= 4 is 5.84 Å². The van der Waals surface area contributed by atoms with Gasteiger partial charge in [0.2, 0.25) is 0 Å². The second-order valence-electron chi connectivity index (χ2n) is 2.35. The van der Waals surface area contributed by atoms with Crippen LogP contribution in [0, 0.1) is 5.92 Å². The molecule has 0 saturated heterocycles. The Hall–Kier alpha value is -0.530. The van der Waals surface area contributed by atoms with Crippen LogP contribution in [0.2, 0.25) is 0 Å². The Morgan fingerprint density at radius 1 is 1.75 bits per heavy atom. The fourth-order valence-corrected chi connectivity index (χ4v) is 0.909. The third-order valence-corrected chi connectivity index (χ3v) is 1.59. The van der Waals surface area contributed by atoms with Crippen LogP contribution in [-0.4, -0.2) is 12.4 Å². The van der Waals surface area contributed by atoms with Gasteiger partial charge in [-0.2, -0.15) is 0 Å². The average Bonchev–Trinajstić information content (AvgIpc) is 1.77. The Bertz CT molecular complexity index is 107. The van der Waals surface area contributed by atoms with Crippen molar-refractivity contribution in [2.24, 2.45) is 16.6 Å². The average molecular weight is 112 g/mol. The molecule has 0 radical (unpaired) electrons. The van der Waals surface area contributed by atoms with Crippen LogP contribution in [-0.2, 0) is 0 Å². The van der Waals surface area contributed by atoms with E-state index in [4.69, 9.17) is 5.73 Å². The molecule has 0 aromatic carbocycles. The van der Waals surface area contributed by atoms with Crippen molar-refractivity contribution in [2.45, 2.75) is 19.8 Å². The van der Waals surface area contributed by atoms with E-state index < -0.39 is 0 Å². The number of nitrogens with zero attached hydrogens (tertiary/aromatic N) is 1. The molecule has 46 valence electrons. The number of hydrogen-bond acceptors (Lipinski definition) is 2. The highest BCUT2D eigenvalue weighted by Crippen LogP contribution is 2.10. The lowest BCUT2D eigenvalue weighted by Gasteiger charge is -2.14. The summed E-state index contributed by atoms with van der Waals surface area (Å²) in [5, 5.41) is 0. The lowest BCUT2D eigenvalue weighted by molar-refractivity contribution is 0.604. The van der Waals surface area contributed by atoms with Crippen molar-refractivity contribution in [1.29, 1.82) is 0 Å². The van der Waals surface area contributed by atoms with E-state index in [2.05, 4.69) is 11.9 Å². The SMILES string of the molecule is C[C@H]1CCCN=C1N. The summed E-state index contributed by atoms with van der Waals surface area (Å²) in [4.78, 5) is 4.11. The molecule has 1 atom stereocenters. The van der Waals surface area contributed by atoms with Crippen molar-refractivity contribution in [3.63, 3.8) is 0 Å². The van der Waals surface area contributed by atoms with E-state index in [1.165, 1.54) is 12.8 Å². The molecule has 1 aliphatic rings. The topological polar surface area (TPSA) is 38.4 Å². The van der Waals surface area contributed by atoms with Gasteiger partial charge in [-0.25, -0.2) is 0 Å². The third-order valence-electron chi connectivity index (χ3n) is 1.59. The van der Waals surface area contributed by atoms with Gasteiger partial charge in [0, 0.05) is 12.5 Å². The van der Waals surface area contributed by atoms with Crippen LogP contribution < -0.4 is 5.73 Å². The van der Waals surface area contributed by atoms with Gasteiger partial charge in [0.05, 0.1) is 5.84 Å². The molecule has 1 heterocycles. The highest BCUT2D eigenvalue weighted by atomic mass is 14.9. The van der Waals surface area contributed by atoms with Crippen molar-refractivity contribution in [1.82, 2.24) is 0 Å². The van der Waals surface area contributed by atoms with Gasteiger partial charge in [0.25, 0.3) is 0 Å². The predicted octanol–water partition coefficient (Wildman–Crippen LogP) is 0.774. The van der Waals surface area contributed by atoms with Gasteiger partial charge in [0.1, 0.15) is 0 Å². The Labute approximate surface area is 49.8 Å². The fraction of sp³-hybridized carbons (Fsp3) is 0.833. The standard InChI is InChI=1S/C6H12N2/c1-5-3-2-4-8-6(5)7/h5H,2-4H2,1H3,(H2,7,8)/t5-/m0/s1. The molecule has 0 bridgehead atoms. The van der Waals surface area contributed by atoms with Crippen LogP contribution in [0.3, 0.4) is 0 Å². The van der Waals surface area contributed by atoms with E-state index in [-0.39, 0.29) is 0 Å². The molecular weight excluding hydrogens is 100 g/mol. The molecule has 2 N–H and O–H groups in total. The normalized spacial score (nSPS) is 29.6. The maximum absolute atomic E-state index is 5.53. The molecule has 0 saturated carbocycles. The minimum atomic E-state index is 0.531. The summed E-state index contributed by atoms with van der Waals surface area (Å²) in [5.74, 6) is 1.38. The highest BCUT2D eigenvalue weighted by molar-refractivity contribution is 5.82. The first-order valence-electron chi connectivity index (χ1n) is 3.10. The predicted molar refractivity (Wildman–Crippen MR) is 34.9 cm³/mol. The zero-order valence-corrected chi connectivity index (χ0v) is 5.22. The molecule has 0 spiro atoms. The van der Waals surface area contributed by atoms with Gasteiger partial charge < -0.3 is 5.73 Å². The van der Waals surface area contributed by atoms with Crippen LogP contribution in [0.5, 0.6) is 0 Å². The van der Waals surface area contributed by atoms with Crippen molar-refractivity contribution in [3.8, 4) is 0 Å². The molecule has 0 amide bonds. The second-order valence-corrected chi connectivity index (χ2v) is 2.35.